The SMILES string of the molecule is CCOC(=O)c1nc(-c2ccc3c(c2)OCCO3)c(-c2ccnc(C)c2)[nH]1.Cc1cc(-c2[nH]c(C(=O)O)nc2-c2ccc3c(c2)OCCO3)ccn1. The van der Waals surface area contributed by atoms with Gasteiger partial charge in [-0.05, 0) is 81.4 Å². The van der Waals surface area contributed by atoms with Crippen molar-refractivity contribution in [2.24, 2.45) is 0 Å². The number of H-pyrrole nitrogens is 2. The van der Waals surface area contributed by atoms with Crippen molar-refractivity contribution in [2.75, 3.05) is 33.0 Å². The number of imidazole rings is 2. The number of fused-ring (bicyclic) bond motifs is 2. The molecule has 8 rings (SSSR count). The molecular weight excluding hydrogens is 668 g/mol. The molecule has 0 amide bonds. The van der Waals surface area contributed by atoms with E-state index in [4.69, 9.17) is 23.7 Å². The average Bonchev–Trinajstić information content (AvgIpc) is 3.82. The number of aromatic carboxylic acids is 1. The van der Waals surface area contributed by atoms with Gasteiger partial charge in [-0.15, -0.1) is 0 Å². The van der Waals surface area contributed by atoms with E-state index in [1.54, 1.807) is 25.4 Å². The van der Waals surface area contributed by atoms with E-state index < -0.39 is 11.9 Å². The number of aromatic nitrogens is 6. The highest BCUT2D eigenvalue weighted by atomic mass is 16.6. The molecule has 264 valence electrons. The minimum Gasteiger partial charge on any atom is -0.486 e. The van der Waals surface area contributed by atoms with Gasteiger partial charge in [0.15, 0.2) is 23.0 Å². The van der Waals surface area contributed by atoms with E-state index in [0.717, 1.165) is 39.3 Å². The van der Waals surface area contributed by atoms with Crippen LogP contribution in [0.3, 0.4) is 0 Å². The fraction of sp³-hybridized carbons (Fsp3) is 0.211. The van der Waals surface area contributed by atoms with Gasteiger partial charge in [-0.25, -0.2) is 19.6 Å². The van der Waals surface area contributed by atoms with E-state index in [2.05, 4.69) is 29.9 Å². The van der Waals surface area contributed by atoms with Crippen molar-refractivity contribution < 1.29 is 38.4 Å². The number of aromatic amines is 2. The van der Waals surface area contributed by atoms with Gasteiger partial charge in [0.25, 0.3) is 0 Å². The molecule has 52 heavy (non-hydrogen) atoms. The standard InChI is InChI=1S/C20H19N3O4.C18H15N3O4/c1-3-25-20(24)19-22-17(18(23-19)14-6-7-21-12(2)10-14)13-4-5-15-16(11-13)27-9-8-26-15;1-10-8-12(4-5-19-10)16-15(20-17(21-16)18(22)23)11-2-3-13-14(9-11)25-7-6-24-13/h4-7,10-11H,3,8-9H2,1-2H3,(H,22,23);2-5,8-9H,6-7H2,1H3,(H,20,21)(H,22,23). The second-order valence-corrected chi connectivity index (χ2v) is 11.7. The van der Waals surface area contributed by atoms with Crippen molar-refractivity contribution in [3.63, 3.8) is 0 Å². The number of esters is 1. The first-order chi connectivity index (χ1) is 25.3. The Hall–Kier alpha value is -6.70. The highest BCUT2D eigenvalue weighted by Gasteiger charge is 2.23. The summed E-state index contributed by atoms with van der Waals surface area (Å²) >= 11 is 0. The highest BCUT2D eigenvalue weighted by Crippen LogP contribution is 2.39. The number of rotatable bonds is 7. The number of carboxylic acid groups (broad SMARTS) is 1. The van der Waals surface area contributed by atoms with E-state index >= 15 is 0 Å². The number of nitrogens with zero attached hydrogens (tertiary/aromatic N) is 4. The van der Waals surface area contributed by atoms with Crippen LogP contribution < -0.4 is 18.9 Å². The van der Waals surface area contributed by atoms with Gasteiger partial charge in [-0.2, -0.15) is 0 Å². The van der Waals surface area contributed by atoms with Crippen molar-refractivity contribution >= 4 is 11.9 Å². The zero-order valence-electron chi connectivity index (χ0n) is 28.6. The molecule has 14 heteroatoms. The van der Waals surface area contributed by atoms with Crippen LogP contribution in [0, 0.1) is 13.8 Å². The van der Waals surface area contributed by atoms with Gasteiger partial charge in [0.2, 0.25) is 11.6 Å². The lowest BCUT2D eigenvalue weighted by Gasteiger charge is -2.18. The Balaban J connectivity index is 0.000000162. The van der Waals surface area contributed by atoms with Crippen molar-refractivity contribution in [3.8, 4) is 68.0 Å². The van der Waals surface area contributed by atoms with E-state index in [0.29, 0.717) is 66.5 Å². The molecule has 0 bridgehead atoms. The van der Waals surface area contributed by atoms with Crippen molar-refractivity contribution in [1.82, 2.24) is 29.9 Å². The fourth-order valence-electron chi connectivity index (χ4n) is 5.76. The topological polar surface area (TPSA) is 184 Å². The van der Waals surface area contributed by atoms with Gasteiger partial charge >= 0.3 is 11.9 Å². The van der Waals surface area contributed by atoms with E-state index in [-0.39, 0.29) is 18.3 Å². The van der Waals surface area contributed by atoms with E-state index in [1.807, 2.05) is 68.4 Å². The maximum Gasteiger partial charge on any atom is 0.374 e. The van der Waals surface area contributed by atoms with Crippen molar-refractivity contribution in [1.29, 1.82) is 0 Å². The summed E-state index contributed by atoms with van der Waals surface area (Å²) in [6, 6.07) is 18.6. The molecular formula is C38H34N6O8. The lowest BCUT2D eigenvalue weighted by atomic mass is 10.0. The maximum absolute atomic E-state index is 12.2. The number of carbonyl (C=O) groups is 2. The molecule has 14 nitrogen and oxygen atoms in total. The van der Waals surface area contributed by atoms with Gasteiger partial charge in [0.1, 0.15) is 26.4 Å². The number of pyridine rings is 2. The quantitative estimate of drug-likeness (QED) is 0.158. The van der Waals surface area contributed by atoms with E-state index in [9.17, 15) is 14.7 Å². The van der Waals surface area contributed by atoms with Gasteiger partial charge in [0, 0.05) is 46.0 Å². The normalized spacial score (nSPS) is 12.8. The first-order valence-corrected chi connectivity index (χ1v) is 16.5. The van der Waals surface area contributed by atoms with Crippen LogP contribution in [-0.4, -0.2) is 80.0 Å². The minimum atomic E-state index is -1.11. The zero-order chi connectivity index (χ0) is 36.2. The molecule has 2 aliphatic heterocycles. The summed E-state index contributed by atoms with van der Waals surface area (Å²) in [5.74, 6) is 1.10. The Morgan fingerprint density at radius 3 is 1.58 bits per heavy atom. The molecule has 4 aromatic heterocycles. The summed E-state index contributed by atoms with van der Waals surface area (Å²) in [7, 11) is 0. The minimum absolute atomic E-state index is 0.116. The van der Waals surface area contributed by atoms with E-state index in [1.165, 1.54) is 0 Å². The Morgan fingerprint density at radius 2 is 1.12 bits per heavy atom. The number of ether oxygens (including phenoxy) is 5. The Labute approximate surface area is 297 Å². The summed E-state index contributed by atoms with van der Waals surface area (Å²) in [4.78, 5) is 46.8. The van der Waals surface area contributed by atoms with Crippen molar-refractivity contribution in [2.45, 2.75) is 20.8 Å². The molecule has 0 fully saturated rings. The summed E-state index contributed by atoms with van der Waals surface area (Å²) in [5.41, 5.74) is 7.49. The molecule has 2 aromatic carbocycles. The molecule has 6 aromatic rings. The van der Waals surface area contributed by atoms with Crippen LogP contribution >= 0.6 is 0 Å². The summed E-state index contributed by atoms with van der Waals surface area (Å²) in [5, 5.41) is 9.31. The van der Waals surface area contributed by atoms with Gasteiger partial charge < -0.3 is 38.8 Å². The first kappa shape index (κ1) is 33.8. The molecule has 3 N–H and O–H groups in total. The molecule has 2 aliphatic rings. The Morgan fingerprint density at radius 1 is 0.654 bits per heavy atom. The van der Waals surface area contributed by atoms with Gasteiger partial charge in [-0.3, -0.25) is 9.97 Å². The number of benzene rings is 2. The van der Waals surface area contributed by atoms with Crippen LogP contribution in [0.2, 0.25) is 0 Å². The third-order valence-corrected chi connectivity index (χ3v) is 8.08. The van der Waals surface area contributed by atoms with Crippen molar-refractivity contribution in [3.05, 3.63) is 96.1 Å². The molecule has 0 unspecified atom stereocenters. The summed E-state index contributed by atoms with van der Waals surface area (Å²) in [6.45, 7) is 7.86. The summed E-state index contributed by atoms with van der Waals surface area (Å²) in [6.07, 6.45) is 3.41. The smallest absolute Gasteiger partial charge is 0.374 e. The van der Waals surface area contributed by atoms with Crippen LogP contribution in [-0.2, 0) is 4.74 Å². The number of hydrogen-bond donors (Lipinski definition) is 3. The second kappa shape index (κ2) is 14.6. The molecule has 0 saturated heterocycles. The number of nitrogens with one attached hydrogen (secondary N) is 2. The molecule has 0 aliphatic carbocycles. The van der Waals surface area contributed by atoms with Crippen LogP contribution in [0.1, 0.15) is 39.5 Å². The fourth-order valence-corrected chi connectivity index (χ4v) is 5.76. The number of carbonyl (C=O) groups excluding carboxylic acids is 1. The van der Waals surface area contributed by atoms with Crippen LogP contribution in [0.4, 0.5) is 0 Å². The van der Waals surface area contributed by atoms with Crippen LogP contribution in [0.25, 0.3) is 45.0 Å². The number of aryl methyl sites for hydroxylation is 2. The predicted molar refractivity (Wildman–Crippen MR) is 189 cm³/mol. The largest absolute Gasteiger partial charge is 0.486 e. The van der Waals surface area contributed by atoms with Gasteiger partial charge in [0.05, 0.1) is 29.4 Å². The van der Waals surface area contributed by atoms with Crippen LogP contribution in [0.15, 0.2) is 73.1 Å². The third-order valence-electron chi connectivity index (χ3n) is 8.08. The predicted octanol–water partition coefficient (Wildman–Crippen LogP) is 6.31. The second-order valence-electron chi connectivity index (χ2n) is 11.7. The van der Waals surface area contributed by atoms with Gasteiger partial charge in [-0.1, -0.05) is 0 Å². The Bertz CT molecular complexity index is 2280. The number of hydrogen-bond acceptors (Lipinski definition) is 11. The maximum atomic E-state index is 12.2. The lowest BCUT2D eigenvalue weighted by Crippen LogP contribution is -2.15. The van der Waals surface area contributed by atoms with Crippen LogP contribution in [0.5, 0.6) is 23.0 Å². The molecule has 0 spiro atoms. The summed E-state index contributed by atoms with van der Waals surface area (Å²) < 4.78 is 27.5. The highest BCUT2D eigenvalue weighted by molar-refractivity contribution is 5.90. The molecule has 6 heterocycles. The molecule has 0 radical (unpaired) electrons. The molecule has 0 atom stereocenters. The molecule has 0 saturated carbocycles. The average molecular weight is 703 g/mol. The first-order valence-electron chi connectivity index (χ1n) is 16.5. The zero-order valence-corrected chi connectivity index (χ0v) is 28.6. The number of carboxylic acids is 1. The monoisotopic (exact) mass is 702 g/mol. The Kier molecular flexibility index (Phi) is 9.52. The lowest BCUT2D eigenvalue weighted by molar-refractivity contribution is 0.0513. The third kappa shape index (κ3) is 7.12.